The van der Waals surface area contributed by atoms with Gasteiger partial charge in [0.15, 0.2) is 17.5 Å². The van der Waals surface area contributed by atoms with Gasteiger partial charge >= 0.3 is 6.03 Å². The van der Waals surface area contributed by atoms with Crippen LogP contribution in [-0.2, 0) is 4.74 Å². The highest BCUT2D eigenvalue weighted by Gasteiger charge is 2.24. The zero-order valence-electron chi connectivity index (χ0n) is 19.3. The molecule has 1 aliphatic heterocycles. The van der Waals surface area contributed by atoms with E-state index in [-0.39, 0.29) is 11.4 Å². The van der Waals surface area contributed by atoms with Crippen molar-refractivity contribution in [2.75, 3.05) is 38.7 Å². The molecule has 0 saturated carbocycles. The molecule has 0 aliphatic carbocycles. The lowest BCUT2D eigenvalue weighted by Gasteiger charge is -2.15. The molecule has 3 amide bonds. The van der Waals surface area contributed by atoms with Gasteiger partial charge in [0.2, 0.25) is 0 Å². The number of para-hydroxylation sites is 1. The van der Waals surface area contributed by atoms with Gasteiger partial charge in [0.05, 0.1) is 18.5 Å². The van der Waals surface area contributed by atoms with Gasteiger partial charge in [-0.05, 0) is 48.7 Å². The molecule has 1 aliphatic rings. The van der Waals surface area contributed by atoms with E-state index in [2.05, 4.69) is 15.3 Å². The summed E-state index contributed by atoms with van der Waals surface area (Å²) < 4.78 is 32.4. The molecule has 1 unspecified atom stereocenters. The molecule has 35 heavy (non-hydrogen) atoms. The number of methoxy groups -OCH3 is 1. The van der Waals surface area contributed by atoms with E-state index in [1.165, 1.54) is 23.0 Å². The van der Waals surface area contributed by atoms with Crippen LogP contribution in [0.25, 0.3) is 5.69 Å². The lowest BCUT2D eigenvalue weighted by atomic mass is 9.98. The molecule has 0 radical (unpaired) electrons. The minimum atomic E-state index is -0.796. The highest BCUT2D eigenvalue weighted by atomic mass is 19.2. The normalized spacial score (nSPS) is 15.3. The van der Waals surface area contributed by atoms with Crippen molar-refractivity contribution in [1.82, 2.24) is 14.7 Å². The molecule has 1 aromatic heterocycles. The van der Waals surface area contributed by atoms with Crippen LogP contribution in [0.15, 0.2) is 54.7 Å². The molecular weight excluding hydrogens is 458 g/mol. The minimum absolute atomic E-state index is 0.0950. The first-order valence-electron chi connectivity index (χ1n) is 11.0. The summed E-state index contributed by atoms with van der Waals surface area (Å²) in [6, 6.07) is 12.4. The molecule has 0 bridgehead atoms. The maximum absolute atomic E-state index is 13.1. The van der Waals surface area contributed by atoms with Crippen molar-refractivity contribution in [2.45, 2.75) is 12.3 Å². The van der Waals surface area contributed by atoms with Crippen LogP contribution in [0.4, 0.5) is 19.4 Å². The zero-order valence-corrected chi connectivity index (χ0v) is 19.3. The van der Waals surface area contributed by atoms with Gasteiger partial charge in [-0.3, -0.25) is 10.1 Å². The van der Waals surface area contributed by atoms with E-state index in [1.807, 2.05) is 6.07 Å². The largest absolute Gasteiger partial charge is 0.383 e. The van der Waals surface area contributed by atoms with Crippen molar-refractivity contribution in [1.29, 1.82) is 0 Å². The number of aromatic nitrogens is 2. The number of ether oxygens (including phenoxy) is 1. The van der Waals surface area contributed by atoms with Gasteiger partial charge in [-0.15, -0.1) is 0 Å². The molecule has 2 aromatic carbocycles. The Morgan fingerprint density at radius 1 is 1.14 bits per heavy atom. The highest BCUT2D eigenvalue weighted by Crippen LogP contribution is 2.27. The maximum Gasteiger partial charge on any atom is 0.317 e. The van der Waals surface area contributed by atoms with E-state index < -0.39 is 23.6 Å². The molecule has 3 aromatic rings. The van der Waals surface area contributed by atoms with Gasteiger partial charge in [0, 0.05) is 20.2 Å². The number of amides is 3. The Morgan fingerprint density at radius 2 is 1.89 bits per heavy atom. The number of halogens is 2. The van der Waals surface area contributed by atoms with Crippen molar-refractivity contribution in [2.24, 2.45) is 11.5 Å². The van der Waals surface area contributed by atoms with Crippen molar-refractivity contribution in [3.63, 3.8) is 0 Å². The third kappa shape index (κ3) is 6.84. The Kier molecular flexibility index (Phi) is 8.87. The average Bonchev–Trinajstić information content (AvgIpc) is 3.47. The Morgan fingerprint density at radius 3 is 2.51 bits per heavy atom. The fraction of sp³-hybridized carbons (Fsp3) is 0.292. The van der Waals surface area contributed by atoms with Crippen molar-refractivity contribution in [3.8, 4) is 5.69 Å². The molecule has 9 nitrogen and oxygen atoms in total. The second kappa shape index (κ2) is 12.0. The molecule has 186 valence electrons. The number of nitrogens with two attached hydrogens (primary N) is 2. The van der Waals surface area contributed by atoms with Crippen molar-refractivity contribution in [3.05, 3.63) is 77.5 Å². The van der Waals surface area contributed by atoms with E-state index in [1.54, 1.807) is 37.4 Å². The summed E-state index contributed by atoms with van der Waals surface area (Å²) in [4.78, 5) is 24.5. The number of urea groups is 1. The first-order valence-corrected chi connectivity index (χ1v) is 11.0. The maximum atomic E-state index is 13.1. The third-order valence-electron chi connectivity index (χ3n) is 5.58. The molecule has 1 saturated heterocycles. The van der Waals surface area contributed by atoms with Crippen LogP contribution in [0, 0.1) is 11.6 Å². The number of anilines is 1. The summed E-state index contributed by atoms with van der Waals surface area (Å²) >= 11 is 0. The van der Waals surface area contributed by atoms with Crippen molar-refractivity contribution >= 4 is 17.8 Å². The minimum Gasteiger partial charge on any atom is -0.383 e. The molecule has 2 heterocycles. The molecular formula is C24H28F2N6O3. The number of nitrogens with zero attached hydrogens (tertiary/aromatic N) is 3. The fourth-order valence-electron chi connectivity index (χ4n) is 3.83. The van der Waals surface area contributed by atoms with Gasteiger partial charge in [-0.1, -0.05) is 24.3 Å². The summed E-state index contributed by atoms with van der Waals surface area (Å²) in [5, 5.41) is 6.35. The first-order chi connectivity index (χ1) is 16.8. The fourth-order valence-corrected chi connectivity index (χ4v) is 3.83. The summed E-state index contributed by atoms with van der Waals surface area (Å²) in [5.41, 5.74) is 11.9. The number of carbonyl (C=O) groups is 2. The molecule has 11 heteroatoms. The number of hydrogen-bond acceptors (Lipinski definition) is 5. The lowest BCUT2D eigenvalue weighted by molar-refractivity contribution is 0.100. The number of primary amides is 2. The standard InChI is InChI=1S/C13H17F2NO.C11H11N5O2/c1-17-7-6-16-5-4-11(9-16)10-2-3-12(14)13(15)8-10;12-9(17)8-6-14-16(10(8)15-11(13)18)7-4-2-1-3-5-7/h2-3,8,11H,4-7,9H2,1H3;1-6H,(H2,12,17)(H3,13,15,18). The van der Waals surface area contributed by atoms with Crippen LogP contribution in [0.1, 0.15) is 28.3 Å². The van der Waals surface area contributed by atoms with Gasteiger partial charge in [0.25, 0.3) is 5.91 Å². The zero-order chi connectivity index (χ0) is 25.4. The van der Waals surface area contributed by atoms with Gasteiger partial charge < -0.3 is 21.1 Å². The number of carbonyl (C=O) groups excluding carboxylic acids is 2. The quantitative estimate of drug-likeness (QED) is 0.473. The summed E-state index contributed by atoms with van der Waals surface area (Å²) in [6.45, 7) is 3.50. The number of rotatable bonds is 7. The van der Waals surface area contributed by atoms with Crippen LogP contribution in [0.5, 0.6) is 0 Å². The monoisotopic (exact) mass is 486 g/mol. The van der Waals surface area contributed by atoms with Gasteiger partial charge in [-0.2, -0.15) is 5.10 Å². The predicted octanol–water partition coefficient (Wildman–Crippen LogP) is 2.86. The molecule has 4 rings (SSSR count). The SMILES string of the molecule is COCCN1CCC(c2ccc(F)c(F)c2)C1.NC(=O)Nc1c(C(N)=O)cnn1-c1ccccc1. The van der Waals surface area contributed by atoms with Gasteiger partial charge in [0.1, 0.15) is 5.56 Å². The second-order valence-corrected chi connectivity index (χ2v) is 7.96. The van der Waals surface area contributed by atoms with Crippen LogP contribution in [0.3, 0.4) is 0 Å². The number of benzene rings is 2. The summed E-state index contributed by atoms with van der Waals surface area (Å²) in [5.74, 6) is -1.76. The van der Waals surface area contributed by atoms with Crippen LogP contribution in [0.2, 0.25) is 0 Å². The summed E-state index contributed by atoms with van der Waals surface area (Å²) in [6.07, 6.45) is 2.27. The molecule has 1 atom stereocenters. The van der Waals surface area contributed by atoms with Crippen LogP contribution < -0.4 is 16.8 Å². The van der Waals surface area contributed by atoms with E-state index in [9.17, 15) is 18.4 Å². The molecule has 5 N–H and O–H groups in total. The smallest absolute Gasteiger partial charge is 0.317 e. The first kappa shape index (κ1) is 25.8. The van der Waals surface area contributed by atoms with Crippen LogP contribution in [-0.4, -0.2) is 60.0 Å². The number of nitrogens with one attached hydrogen (secondary N) is 1. The number of likely N-dealkylation sites (tertiary alicyclic amines) is 1. The Balaban J connectivity index is 0.000000196. The lowest BCUT2D eigenvalue weighted by Crippen LogP contribution is -2.24. The van der Waals surface area contributed by atoms with E-state index in [0.717, 1.165) is 31.6 Å². The average molecular weight is 487 g/mol. The van der Waals surface area contributed by atoms with Gasteiger partial charge in [-0.25, -0.2) is 18.3 Å². The predicted molar refractivity (Wildman–Crippen MR) is 127 cm³/mol. The molecule has 0 spiro atoms. The van der Waals surface area contributed by atoms with E-state index >= 15 is 0 Å². The Hall–Kier alpha value is -3.83. The molecule has 1 fully saturated rings. The van der Waals surface area contributed by atoms with Crippen molar-refractivity contribution < 1.29 is 23.1 Å². The Bertz CT molecular complexity index is 1160. The van der Waals surface area contributed by atoms with E-state index in [4.69, 9.17) is 16.2 Å². The van der Waals surface area contributed by atoms with Crippen LogP contribution >= 0.6 is 0 Å². The second-order valence-electron chi connectivity index (χ2n) is 7.96. The third-order valence-corrected chi connectivity index (χ3v) is 5.58. The van der Waals surface area contributed by atoms with E-state index in [0.29, 0.717) is 18.2 Å². The topological polar surface area (TPSA) is 128 Å². The Labute approximate surface area is 201 Å². The summed E-state index contributed by atoms with van der Waals surface area (Å²) in [7, 11) is 1.68. The number of hydrogen-bond donors (Lipinski definition) is 3. The highest BCUT2D eigenvalue weighted by molar-refractivity contribution is 6.01.